The minimum Gasteiger partial charge on any atom is -0.394 e. The summed E-state index contributed by atoms with van der Waals surface area (Å²) in [5.41, 5.74) is 2.20. The van der Waals surface area contributed by atoms with Crippen LogP contribution in [0.5, 0.6) is 0 Å². The Morgan fingerprint density at radius 3 is 3.23 bits per heavy atom. The Morgan fingerprint density at radius 2 is 2.45 bits per heavy atom. The molecule has 0 bridgehead atoms. The van der Waals surface area contributed by atoms with Crippen molar-refractivity contribution in [2.24, 2.45) is 0 Å². The number of carbonyl (C=O) groups excluding carboxylic acids is 1. The summed E-state index contributed by atoms with van der Waals surface area (Å²) in [5.74, 6) is 0. The van der Waals surface area contributed by atoms with Gasteiger partial charge in [-0.1, -0.05) is 6.07 Å². The number of amides is 2. The Hall–Kier alpha value is -1.86. The zero-order chi connectivity index (χ0) is 15.4. The summed E-state index contributed by atoms with van der Waals surface area (Å²) in [6, 6.07) is 3.83. The summed E-state index contributed by atoms with van der Waals surface area (Å²) < 4.78 is 1.84. The average molecular weight is 320 g/mol. The second-order valence-electron chi connectivity index (χ2n) is 5.34. The van der Waals surface area contributed by atoms with Crippen LogP contribution in [0.3, 0.4) is 0 Å². The van der Waals surface area contributed by atoms with Crippen molar-refractivity contribution in [3.63, 3.8) is 0 Å². The molecule has 6 nitrogen and oxygen atoms in total. The maximum atomic E-state index is 12.1. The molecule has 1 atom stereocenters. The van der Waals surface area contributed by atoms with Gasteiger partial charge in [0.1, 0.15) is 0 Å². The molecule has 2 heterocycles. The second-order valence-corrected chi connectivity index (χ2v) is 6.38. The van der Waals surface area contributed by atoms with Crippen LogP contribution in [0.2, 0.25) is 0 Å². The van der Waals surface area contributed by atoms with E-state index in [-0.39, 0.29) is 18.7 Å². The fraction of sp³-hybridized carbons (Fsp3) is 0.467. The van der Waals surface area contributed by atoms with Crippen molar-refractivity contribution in [2.75, 3.05) is 6.61 Å². The summed E-state index contributed by atoms with van der Waals surface area (Å²) in [7, 11) is 0. The lowest BCUT2D eigenvalue weighted by Gasteiger charge is -2.24. The van der Waals surface area contributed by atoms with Gasteiger partial charge >= 0.3 is 6.03 Å². The van der Waals surface area contributed by atoms with E-state index in [0.29, 0.717) is 13.1 Å². The van der Waals surface area contributed by atoms with Crippen LogP contribution in [0, 0.1) is 0 Å². The molecule has 1 aliphatic rings. The van der Waals surface area contributed by atoms with Crippen molar-refractivity contribution in [1.29, 1.82) is 0 Å². The number of hydrogen-bond donors (Lipinski definition) is 3. The molecule has 0 aromatic carbocycles. The number of aliphatic hydroxyl groups is 1. The fourth-order valence-corrected chi connectivity index (χ4v) is 3.49. The van der Waals surface area contributed by atoms with E-state index < -0.39 is 0 Å². The topological polar surface area (TPSA) is 79.2 Å². The molecule has 3 rings (SSSR count). The number of rotatable bonds is 5. The van der Waals surface area contributed by atoms with Gasteiger partial charge in [0.25, 0.3) is 0 Å². The van der Waals surface area contributed by atoms with E-state index in [0.717, 1.165) is 35.4 Å². The van der Waals surface area contributed by atoms with Crippen LogP contribution in [0.15, 0.2) is 23.7 Å². The Morgan fingerprint density at radius 1 is 1.55 bits per heavy atom. The lowest BCUT2D eigenvalue weighted by Crippen LogP contribution is -2.38. The lowest BCUT2D eigenvalue weighted by molar-refractivity contribution is 0.235. The standard InChI is InChI=1S/C15H20N4O2S/c20-7-6-19-14-5-1-4-13(12(14)10-17-19)18-15(21)16-9-11-3-2-8-22-11/h2-3,8,10,13,20H,1,4-7,9H2,(H2,16,18,21)/t13-/m1/s1. The first-order valence-electron chi connectivity index (χ1n) is 7.50. The van der Waals surface area contributed by atoms with Crippen molar-refractivity contribution in [2.45, 2.75) is 38.4 Å². The van der Waals surface area contributed by atoms with Crippen molar-refractivity contribution in [3.05, 3.63) is 39.8 Å². The van der Waals surface area contributed by atoms with Crippen LogP contribution in [0.25, 0.3) is 0 Å². The molecule has 2 aromatic rings. The van der Waals surface area contributed by atoms with Gasteiger partial charge in [-0.2, -0.15) is 5.10 Å². The smallest absolute Gasteiger partial charge is 0.315 e. The normalized spacial score (nSPS) is 17.0. The summed E-state index contributed by atoms with van der Waals surface area (Å²) in [4.78, 5) is 13.2. The van der Waals surface area contributed by atoms with Gasteiger partial charge in [-0.25, -0.2) is 4.79 Å². The van der Waals surface area contributed by atoms with E-state index in [2.05, 4.69) is 15.7 Å². The Labute approximate surface area is 133 Å². The highest BCUT2D eigenvalue weighted by molar-refractivity contribution is 7.09. The summed E-state index contributed by atoms with van der Waals surface area (Å²) in [6.07, 6.45) is 4.70. The monoisotopic (exact) mass is 320 g/mol. The largest absolute Gasteiger partial charge is 0.394 e. The van der Waals surface area contributed by atoms with Crippen molar-refractivity contribution >= 4 is 17.4 Å². The number of urea groups is 1. The molecule has 118 valence electrons. The Kier molecular flexibility index (Phi) is 4.74. The molecule has 1 aliphatic carbocycles. The number of aromatic nitrogens is 2. The molecule has 0 fully saturated rings. The molecule has 2 aromatic heterocycles. The number of aliphatic hydroxyl groups excluding tert-OH is 1. The molecule has 7 heteroatoms. The molecular formula is C15H20N4O2S. The minimum absolute atomic E-state index is 0.000437. The van der Waals surface area contributed by atoms with Crippen LogP contribution < -0.4 is 10.6 Å². The quantitative estimate of drug-likeness (QED) is 0.786. The first-order valence-corrected chi connectivity index (χ1v) is 8.38. The summed E-state index contributed by atoms with van der Waals surface area (Å²) in [6.45, 7) is 1.13. The molecule has 0 saturated carbocycles. The first kappa shape index (κ1) is 15.1. The predicted octanol–water partition coefficient (Wildman–Crippen LogP) is 1.81. The molecule has 3 N–H and O–H groups in total. The SMILES string of the molecule is O=C(NCc1cccs1)N[C@@H]1CCCc2c1cnn2CCO. The zero-order valence-electron chi connectivity index (χ0n) is 12.3. The molecule has 0 unspecified atom stereocenters. The molecule has 2 amide bonds. The maximum Gasteiger partial charge on any atom is 0.315 e. The van der Waals surface area contributed by atoms with Gasteiger partial charge in [0, 0.05) is 16.1 Å². The van der Waals surface area contributed by atoms with Gasteiger partial charge < -0.3 is 15.7 Å². The summed E-state index contributed by atoms with van der Waals surface area (Å²) >= 11 is 1.63. The van der Waals surface area contributed by atoms with Crippen LogP contribution in [-0.2, 0) is 19.5 Å². The highest BCUT2D eigenvalue weighted by Crippen LogP contribution is 2.29. The van der Waals surface area contributed by atoms with Gasteiger partial charge in [0.15, 0.2) is 0 Å². The van der Waals surface area contributed by atoms with Gasteiger partial charge in [0.05, 0.1) is 31.9 Å². The fourth-order valence-electron chi connectivity index (χ4n) is 2.85. The highest BCUT2D eigenvalue weighted by atomic mass is 32.1. The van der Waals surface area contributed by atoms with Crippen molar-refractivity contribution < 1.29 is 9.90 Å². The number of hydrogen-bond acceptors (Lipinski definition) is 4. The zero-order valence-corrected chi connectivity index (χ0v) is 13.1. The van der Waals surface area contributed by atoms with Crippen molar-refractivity contribution in [1.82, 2.24) is 20.4 Å². The number of carbonyl (C=O) groups is 1. The Balaban J connectivity index is 1.60. The number of fused-ring (bicyclic) bond motifs is 1. The first-order chi connectivity index (χ1) is 10.8. The third-order valence-corrected chi connectivity index (χ3v) is 4.76. The van der Waals surface area contributed by atoms with E-state index >= 15 is 0 Å². The average Bonchev–Trinajstić information content (AvgIpc) is 3.16. The maximum absolute atomic E-state index is 12.1. The summed E-state index contributed by atoms with van der Waals surface area (Å²) in [5, 5.41) is 21.3. The minimum atomic E-state index is -0.152. The number of nitrogens with one attached hydrogen (secondary N) is 2. The molecule has 0 spiro atoms. The van der Waals surface area contributed by atoms with E-state index in [1.54, 1.807) is 11.3 Å². The van der Waals surface area contributed by atoms with E-state index in [9.17, 15) is 4.79 Å². The van der Waals surface area contributed by atoms with Gasteiger partial charge in [0.2, 0.25) is 0 Å². The van der Waals surface area contributed by atoms with Gasteiger partial charge in [-0.3, -0.25) is 4.68 Å². The molecule has 0 aliphatic heterocycles. The van der Waals surface area contributed by atoms with Crippen LogP contribution in [0.4, 0.5) is 4.79 Å². The molecular weight excluding hydrogens is 300 g/mol. The van der Waals surface area contributed by atoms with E-state index in [4.69, 9.17) is 5.11 Å². The van der Waals surface area contributed by atoms with Crippen molar-refractivity contribution in [3.8, 4) is 0 Å². The third-order valence-electron chi connectivity index (χ3n) is 3.88. The molecule has 22 heavy (non-hydrogen) atoms. The van der Waals surface area contributed by atoms with Crippen LogP contribution in [-0.4, -0.2) is 27.5 Å². The molecule has 0 saturated heterocycles. The Bertz CT molecular complexity index is 624. The number of thiophene rings is 1. The van der Waals surface area contributed by atoms with E-state index in [1.165, 1.54) is 0 Å². The lowest BCUT2D eigenvalue weighted by atomic mass is 9.93. The molecule has 0 radical (unpaired) electrons. The van der Waals surface area contributed by atoms with E-state index in [1.807, 2.05) is 28.4 Å². The van der Waals surface area contributed by atoms with Gasteiger partial charge in [-0.15, -0.1) is 11.3 Å². The van der Waals surface area contributed by atoms with Crippen LogP contribution in [0.1, 0.15) is 35.0 Å². The highest BCUT2D eigenvalue weighted by Gasteiger charge is 2.25. The van der Waals surface area contributed by atoms with Crippen LogP contribution >= 0.6 is 11.3 Å². The second kappa shape index (κ2) is 6.93. The van der Waals surface area contributed by atoms with Gasteiger partial charge in [-0.05, 0) is 30.7 Å². The number of nitrogens with zero attached hydrogens (tertiary/aromatic N) is 2. The predicted molar refractivity (Wildman–Crippen MR) is 84.7 cm³/mol. The third kappa shape index (κ3) is 3.31.